The number of terminal acetylenes is 1. The van der Waals surface area contributed by atoms with Crippen molar-refractivity contribution in [3.8, 4) is 12.3 Å². The Morgan fingerprint density at radius 1 is 1.91 bits per heavy atom. The van der Waals surface area contributed by atoms with Gasteiger partial charge in [-0.25, -0.2) is 0 Å². The third-order valence-corrected chi connectivity index (χ3v) is 0.968. The van der Waals surface area contributed by atoms with Crippen molar-refractivity contribution >= 4 is 17.0 Å². The molecule has 0 spiro atoms. The maximum absolute atomic E-state index is 10.5. The average Bonchev–Trinajstić information content (AvgIpc) is 1.97. The van der Waals surface area contributed by atoms with E-state index in [2.05, 4.69) is 12.5 Å². The van der Waals surface area contributed by atoms with Gasteiger partial charge in [-0.15, -0.1) is 13.0 Å². The summed E-state index contributed by atoms with van der Waals surface area (Å²) in [6, 6.07) is 0. The van der Waals surface area contributed by atoms with Crippen molar-refractivity contribution in [2.75, 3.05) is 13.2 Å². The lowest BCUT2D eigenvalue weighted by molar-refractivity contribution is -0.0867. The molecule has 0 fully saturated rings. The second-order valence-electron chi connectivity index (χ2n) is 1.58. The van der Waals surface area contributed by atoms with Crippen molar-refractivity contribution in [2.45, 2.75) is 0 Å². The van der Waals surface area contributed by atoms with E-state index >= 15 is 0 Å². The van der Waals surface area contributed by atoms with Crippen LogP contribution >= 0.6 is 11.6 Å². The van der Waals surface area contributed by atoms with Crippen LogP contribution in [0.1, 0.15) is 0 Å². The lowest BCUT2D eigenvalue weighted by Crippen LogP contribution is -2.26. The third-order valence-electron chi connectivity index (χ3n) is 0.779. The van der Waals surface area contributed by atoms with Gasteiger partial charge in [0, 0.05) is 0 Å². The lowest BCUT2D eigenvalue weighted by Gasteiger charge is -2.13. The SMILES string of the molecule is C#CCN(OCC=C)C(=O)Cl. The molecule has 11 heavy (non-hydrogen) atoms. The van der Waals surface area contributed by atoms with Crippen LogP contribution < -0.4 is 0 Å². The predicted octanol–water partition coefficient (Wildman–Crippen LogP) is 1.40. The normalized spacial score (nSPS) is 8.36. The lowest BCUT2D eigenvalue weighted by atomic mass is 10.7. The second kappa shape index (κ2) is 5.78. The number of nitrogens with zero attached hydrogens (tertiary/aromatic N) is 1. The van der Waals surface area contributed by atoms with Crippen molar-refractivity contribution in [3.63, 3.8) is 0 Å². The van der Waals surface area contributed by atoms with Crippen LogP contribution in [0, 0.1) is 12.3 Å². The summed E-state index contributed by atoms with van der Waals surface area (Å²) in [4.78, 5) is 15.3. The molecule has 0 rings (SSSR count). The minimum atomic E-state index is -0.732. The van der Waals surface area contributed by atoms with Crippen molar-refractivity contribution in [3.05, 3.63) is 12.7 Å². The fraction of sp³-hybridized carbons (Fsp3) is 0.286. The number of amides is 1. The first-order valence-corrected chi connectivity index (χ1v) is 3.24. The molecule has 0 atom stereocenters. The molecule has 0 unspecified atom stereocenters. The van der Waals surface area contributed by atoms with Crippen molar-refractivity contribution < 1.29 is 9.63 Å². The summed E-state index contributed by atoms with van der Waals surface area (Å²) in [7, 11) is 0. The zero-order chi connectivity index (χ0) is 8.69. The fourth-order valence-corrected chi connectivity index (χ4v) is 0.493. The van der Waals surface area contributed by atoms with Crippen LogP contribution in [0.3, 0.4) is 0 Å². The Morgan fingerprint density at radius 3 is 2.91 bits per heavy atom. The summed E-state index contributed by atoms with van der Waals surface area (Å²) in [5.41, 5.74) is 0. The molecule has 0 saturated heterocycles. The highest BCUT2D eigenvalue weighted by Crippen LogP contribution is 1.96. The van der Waals surface area contributed by atoms with E-state index in [4.69, 9.17) is 22.9 Å². The van der Waals surface area contributed by atoms with Gasteiger partial charge in [0.05, 0.1) is 6.61 Å². The Balaban J connectivity index is 3.80. The van der Waals surface area contributed by atoms with Gasteiger partial charge >= 0.3 is 5.37 Å². The zero-order valence-electron chi connectivity index (χ0n) is 5.92. The highest BCUT2D eigenvalue weighted by Gasteiger charge is 2.07. The summed E-state index contributed by atoms with van der Waals surface area (Å²) in [5, 5.41) is 0.147. The number of hydrogen-bond donors (Lipinski definition) is 0. The van der Waals surface area contributed by atoms with E-state index in [0.717, 1.165) is 5.06 Å². The van der Waals surface area contributed by atoms with Crippen LogP contribution in [-0.2, 0) is 4.84 Å². The Bertz CT molecular complexity index is 185. The summed E-state index contributed by atoms with van der Waals surface area (Å²) < 4.78 is 0. The summed E-state index contributed by atoms with van der Waals surface area (Å²) >= 11 is 5.09. The Labute approximate surface area is 70.5 Å². The molecular formula is C7H8ClNO2. The van der Waals surface area contributed by atoms with Crippen LogP contribution in [0.2, 0.25) is 0 Å². The van der Waals surface area contributed by atoms with Crippen LogP contribution in [0.4, 0.5) is 4.79 Å². The summed E-state index contributed by atoms with van der Waals surface area (Å²) in [5.74, 6) is 2.22. The molecular weight excluding hydrogens is 166 g/mol. The van der Waals surface area contributed by atoms with E-state index in [1.165, 1.54) is 6.08 Å². The molecule has 4 heteroatoms. The van der Waals surface area contributed by atoms with Gasteiger partial charge in [-0.05, 0) is 11.6 Å². The van der Waals surface area contributed by atoms with Gasteiger partial charge in [0.2, 0.25) is 0 Å². The van der Waals surface area contributed by atoms with E-state index in [-0.39, 0.29) is 13.2 Å². The molecule has 0 bridgehead atoms. The molecule has 60 valence electrons. The molecule has 0 aromatic carbocycles. The van der Waals surface area contributed by atoms with Crippen molar-refractivity contribution in [2.24, 2.45) is 0 Å². The minimum Gasteiger partial charge on any atom is -0.265 e. The maximum Gasteiger partial charge on any atom is 0.341 e. The highest BCUT2D eigenvalue weighted by atomic mass is 35.5. The molecule has 1 amide bonds. The van der Waals surface area contributed by atoms with Gasteiger partial charge in [0.15, 0.2) is 0 Å². The zero-order valence-corrected chi connectivity index (χ0v) is 6.67. The van der Waals surface area contributed by atoms with Crippen LogP contribution in [-0.4, -0.2) is 23.6 Å². The number of halogens is 1. The van der Waals surface area contributed by atoms with Gasteiger partial charge < -0.3 is 0 Å². The molecule has 0 saturated carbocycles. The first kappa shape index (κ1) is 10.0. The van der Waals surface area contributed by atoms with E-state index in [1.807, 2.05) is 0 Å². The van der Waals surface area contributed by atoms with Crippen LogP contribution in [0.25, 0.3) is 0 Å². The van der Waals surface area contributed by atoms with Crippen molar-refractivity contribution in [1.82, 2.24) is 5.06 Å². The molecule has 0 heterocycles. The largest absolute Gasteiger partial charge is 0.341 e. The molecule has 0 aliphatic carbocycles. The standard InChI is InChI=1S/C7H8ClNO2/c1-3-5-9(7(8)10)11-6-4-2/h1,4H,2,5-6H2. The van der Waals surface area contributed by atoms with Crippen molar-refractivity contribution in [1.29, 1.82) is 0 Å². The van der Waals surface area contributed by atoms with E-state index in [0.29, 0.717) is 0 Å². The molecule has 0 aliphatic heterocycles. The number of hydrogen-bond acceptors (Lipinski definition) is 2. The predicted molar refractivity (Wildman–Crippen MR) is 42.9 cm³/mol. The number of carbonyl (C=O) groups excluding carboxylic acids is 1. The van der Waals surface area contributed by atoms with Gasteiger partial charge in [0.1, 0.15) is 6.54 Å². The molecule has 0 aromatic heterocycles. The van der Waals surface area contributed by atoms with E-state index < -0.39 is 5.37 Å². The number of hydroxylamine groups is 2. The van der Waals surface area contributed by atoms with Gasteiger partial charge in [-0.1, -0.05) is 12.0 Å². The monoisotopic (exact) mass is 173 g/mol. The number of carbonyl (C=O) groups is 1. The van der Waals surface area contributed by atoms with Crippen LogP contribution in [0.15, 0.2) is 12.7 Å². The first-order chi connectivity index (χ1) is 5.22. The summed E-state index contributed by atoms with van der Waals surface area (Å²) in [6.45, 7) is 3.64. The maximum atomic E-state index is 10.5. The first-order valence-electron chi connectivity index (χ1n) is 2.86. The molecule has 3 nitrogen and oxygen atoms in total. The molecule has 0 aromatic rings. The topological polar surface area (TPSA) is 29.5 Å². The minimum absolute atomic E-state index is 0.0379. The van der Waals surface area contributed by atoms with E-state index in [1.54, 1.807) is 0 Å². The fourth-order valence-electron chi connectivity index (χ4n) is 0.384. The molecule has 0 radical (unpaired) electrons. The smallest absolute Gasteiger partial charge is 0.265 e. The third kappa shape index (κ3) is 4.43. The quantitative estimate of drug-likeness (QED) is 0.212. The van der Waals surface area contributed by atoms with Gasteiger partial charge in [0.25, 0.3) is 0 Å². The Hall–Kier alpha value is -0.980. The van der Waals surface area contributed by atoms with E-state index in [9.17, 15) is 4.79 Å². The van der Waals surface area contributed by atoms with Gasteiger partial charge in [-0.2, -0.15) is 5.06 Å². The number of rotatable bonds is 4. The van der Waals surface area contributed by atoms with Gasteiger partial charge in [-0.3, -0.25) is 9.63 Å². The average molecular weight is 174 g/mol. The highest BCUT2D eigenvalue weighted by molar-refractivity contribution is 6.62. The molecule has 0 aliphatic rings. The molecule has 0 N–H and O–H groups in total. The Kier molecular flexibility index (Phi) is 5.26. The second-order valence-corrected chi connectivity index (χ2v) is 1.90. The Morgan fingerprint density at radius 2 is 2.55 bits per heavy atom. The van der Waals surface area contributed by atoms with Crippen LogP contribution in [0.5, 0.6) is 0 Å². The summed E-state index contributed by atoms with van der Waals surface area (Å²) in [6.07, 6.45) is 6.42.